The van der Waals surface area contributed by atoms with Crippen LogP contribution in [0.25, 0.3) is 22.0 Å². The van der Waals surface area contributed by atoms with Crippen LogP contribution < -0.4 is 20.9 Å². The smallest absolute Gasteiger partial charge is 0.242 e. The van der Waals surface area contributed by atoms with Gasteiger partial charge in [-0.25, -0.2) is 0 Å². The van der Waals surface area contributed by atoms with Crippen LogP contribution in [0.15, 0.2) is 30.3 Å². The molecule has 22 heavy (non-hydrogen) atoms. The van der Waals surface area contributed by atoms with Gasteiger partial charge in [0.05, 0.1) is 14.2 Å². The molecule has 0 saturated heterocycles. The molecule has 0 aliphatic heterocycles. The summed E-state index contributed by atoms with van der Waals surface area (Å²) >= 11 is 0. The summed E-state index contributed by atoms with van der Waals surface area (Å²) < 4.78 is 10.6. The van der Waals surface area contributed by atoms with E-state index in [4.69, 9.17) is 20.9 Å². The van der Waals surface area contributed by atoms with Crippen LogP contribution in [0, 0.1) is 0 Å². The Labute approximate surface area is 126 Å². The zero-order valence-corrected chi connectivity index (χ0v) is 12.2. The van der Waals surface area contributed by atoms with Gasteiger partial charge in [-0.2, -0.15) is 4.98 Å². The molecule has 7 nitrogen and oxygen atoms in total. The molecule has 0 saturated carbocycles. The summed E-state index contributed by atoms with van der Waals surface area (Å²) in [6, 6.07) is 9.48. The Bertz CT molecular complexity index is 851. The maximum atomic E-state index is 5.94. The van der Waals surface area contributed by atoms with Crippen molar-refractivity contribution < 1.29 is 9.47 Å². The van der Waals surface area contributed by atoms with Crippen LogP contribution >= 0.6 is 0 Å². The van der Waals surface area contributed by atoms with Crippen LogP contribution in [0.4, 0.5) is 11.8 Å². The van der Waals surface area contributed by atoms with Crippen LogP contribution in [0.3, 0.4) is 0 Å². The van der Waals surface area contributed by atoms with Crippen LogP contribution in [-0.2, 0) is 0 Å². The van der Waals surface area contributed by atoms with Crippen molar-refractivity contribution in [3.63, 3.8) is 0 Å². The summed E-state index contributed by atoms with van der Waals surface area (Å²) in [6.07, 6.45) is 0. The Hall–Kier alpha value is -3.09. The molecular weight excluding hydrogens is 282 g/mol. The van der Waals surface area contributed by atoms with Crippen molar-refractivity contribution in [2.24, 2.45) is 0 Å². The maximum Gasteiger partial charge on any atom is 0.242 e. The number of ether oxygens (including phenoxy) is 2. The first-order chi connectivity index (χ1) is 10.6. The standard InChI is InChI=1S/C15H15N5O2/c1-21-9-4-3-8-5-10(22-2)7-12(11(8)6-9)13-14(16)18-15(17)20-19-13/h3-7H,1-2H3,(H4,16,17,18,20). The minimum Gasteiger partial charge on any atom is -0.497 e. The van der Waals surface area contributed by atoms with Gasteiger partial charge in [0.15, 0.2) is 5.82 Å². The SMILES string of the molecule is COc1cc(-c2nnc(N)nc2N)c2cc(OC)ccc2c1. The molecule has 0 unspecified atom stereocenters. The van der Waals surface area contributed by atoms with Gasteiger partial charge >= 0.3 is 0 Å². The molecule has 0 radical (unpaired) electrons. The van der Waals surface area contributed by atoms with Gasteiger partial charge in [-0.1, -0.05) is 6.07 Å². The third-order valence-corrected chi connectivity index (χ3v) is 3.36. The molecule has 4 N–H and O–H groups in total. The fraction of sp³-hybridized carbons (Fsp3) is 0.133. The molecule has 0 bridgehead atoms. The number of hydrogen-bond donors (Lipinski definition) is 2. The highest BCUT2D eigenvalue weighted by Gasteiger charge is 2.14. The first-order valence-electron chi connectivity index (χ1n) is 6.54. The quantitative estimate of drug-likeness (QED) is 0.759. The number of nitrogens with zero attached hydrogens (tertiary/aromatic N) is 3. The zero-order valence-electron chi connectivity index (χ0n) is 12.2. The van der Waals surface area contributed by atoms with Gasteiger partial charge in [-0.3, -0.25) is 0 Å². The molecule has 0 aliphatic rings. The molecule has 0 atom stereocenters. The number of fused-ring (bicyclic) bond motifs is 1. The molecule has 0 fully saturated rings. The van der Waals surface area contributed by atoms with Crippen molar-refractivity contribution in [3.8, 4) is 22.8 Å². The van der Waals surface area contributed by atoms with E-state index < -0.39 is 0 Å². The third kappa shape index (κ3) is 2.32. The average molecular weight is 297 g/mol. The molecule has 0 aliphatic carbocycles. The largest absolute Gasteiger partial charge is 0.497 e. The van der Waals surface area contributed by atoms with Crippen molar-refractivity contribution in [1.82, 2.24) is 15.2 Å². The number of benzene rings is 2. The Morgan fingerprint density at radius 2 is 1.68 bits per heavy atom. The minimum atomic E-state index is 0.0334. The lowest BCUT2D eigenvalue weighted by Crippen LogP contribution is -2.04. The Morgan fingerprint density at radius 1 is 0.909 bits per heavy atom. The maximum absolute atomic E-state index is 5.94. The van der Waals surface area contributed by atoms with Crippen LogP contribution in [0.2, 0.25) is 0 Å². The first kappa shape index (κ1) is 13.9. The van der Waals surface area contributed by atoms with Gasteiger partial charge in [0.25, 0.3) is 0 Å². The van der Waals surface area contributed by atoms with Crippen molar-refractivity contribution in [1.29, 1.82) is 0 Å². The molecule has 0 amide bonds. The van der Waals surface area contributed by atoms with E-state index >= 15 is 0 Å². The summed E-state index contributed by atoms with van der Waals surface area (Å²) in [7, 11) is 3.22. The van der Waals surface area contributed by atoms with Crippen molar-refractivity contribution in [2.75, 3.05) is 25.7 Å². The topological polar surface area (TPSA) is 109 Å². The zero-order chi connectivity index (χ0) is 15.7. The second kappa shape index (κ2) is 5.36. The molecule has 2 aromatic carbocycles. The lowest BCUT2D eigenvalue weighted by Gasteiger charge is -2.11. The summed E-state index contributed by atoms with van der Waals surface area (Å²) in [5.74, 6) is 1.66. The number of nitrogens with two attached hydrogens (primary N) is 2. The van der Waals surface area contributed by atoms with Crippen molar-refractivity contribution in [2.45, 2.75) is 0 Å². The van der Waals surface area contributed by atoms with E-state index in [1.807, 2.05) is 30.3 Å². The molecule has 7 heteroatoms. The molecule has 3 aromatic rings. The van der Waals surface area contributed by atoms with E-state index in [9.17, 15) is 0 Å². The number of hydrogen-bond acceptors (Lipinski definition) is 7. The van der Waals surface area contributed by atoms with Crippen LogP contribution in [0.1, 0.15) is 0 Å². The Balaban J connectivity index is 2.34. The second-order valence-electron chi connectivity index (χ2n) is 4.67. The van der Waals surface area contributed by atoms with Gasteiger partial charge in [0, 0.05) is 5.56 Å². The van der Waals surface area contributed by atoms with Crippen LogP contribution in [0.5, 0.6) is 11.5 Å². The molecule has 0 spiro atoms. The van der Waals surface area contributed by atoms with Crippen molar-refractivity contribution in [3.05, 3.63) is 30.3 Å². The summed E-state index contributed by atoms with van der Waals surface area (Å²) in [6.45, 7) is 0. The first-order valence-corrected chi connectivity index (χ1v) is 6.54. The lowest BCUT2D eigenvalue weighted by molar-refractivity contribution is 0.414. The predicted octanol–water partition coefficient (Wildman–Crippen LogP) is 1.87. The average Bonchev–Trinajstić information content (AvgIpc) is 2.53. The molecular formula is C15H15N5O2. The van der Waals surface area contributed by atoms with Gasteiger partial charge in [-0.15, -0.1) is 10.2 Å². The fourth-order valence-electron chi connectivity index (χ4n) is 2.29. The molecule has 3 rings (SSSR count). The van der Waals surface area contributed by atoms with Gasteiger partial charge in [-0.05, 0) is 35.0 Å². The number of aromatic nitrogens is 3. The van der Waals surface area contributed by atoms with Crippen molar-refractivity contribution >= 4 is 22.5 Å². The normalized spacial score (nSPS) is 10.6. The molecule has 112 valence electrons. The highest BCUT2D eigenvalue weighted by atomic mass is 16.5. The Morgan fingerprint density at radius 3 is 2.36 bits per heavy atom. The fourth-order valence-corrected chi connectivity index (χ4v) is 2.29. The van der Waals surface area contributed by atoms with E-state index in [2.05, 4.69) is 15.2 Å². The van der Waals surface area contributed by atoms with E-state index in [0.29, 0.717) is 11.4 Å². The van der Waals surface area contributed by atoms with Gasteiger partial charge < -0.3 is 20.9 Å². The predicted molar refractivity (Wildman–Crippen MR) is 84.7 cm³/mol. The number of methoxy groups -OCH3 is 2. The Kier molecular flexibility index (Phi) is 3.38. The van der Waals surface area contributed by atoms with Gasteiger partial charge in [0.1, 0.15) is 17.2 Å². The number of nitrogen functional groups attached to an aromatic ring is 2. The van der Waals surface area contributed by atoms with E-state index in [1.54, 1.807) is 14.2 Å². The summed E-state index contributed by atoms with van der Waals surface area (Å²) in [4.78, 5) is 3.96. The lowest BCUT2D eigenvalue weighted by atomic mass is 10.0. The second-order valence-corrected chi connectivity index (χ2v) is 4.67. The number of anilines is 2. The number of rotatable bonds is 3. The van der Waals surface area contributed by atoms with Gasteiger partial charge in [0.2, 0.25) is 5.95 Å². The summed E-state index contributed by atoms with van der Waals surface area (Å²) in [5.41, 5.74) is 12.7. The third-order valence-electron chi connectivity index (χ3n) is 3.36. The van der Waals surface area contributed by atoms with Crippen LogP contribution in [-0.4, -0.2) is 29.4 Å². The van der Waals surface area contributed by atoms with E-state index in [0.717, 1.165) is 22.1 Å². The highest BCUT2D eigenvalue weighted by Crippen LogP contribution is 2.35. The highest BCUT2D eigenvalue weighted by molar-refractivity contribution is 5.99. The van der Waals surface area contributed by atoms with E-state index in [-0.39, 0.29) is 11.8 Å². The monoisotopic (exact) mass is 297 g/mol. The minimum absolute atomic E-state index is 0.0334. The summed E-state index contributed by atoms with van der Waals surface area (Å²) in [5, 5.41) is 9.73. The molecule has 1 heterocycles. The molecule has 1 aromatic heterocycles. The van der Waals surface area contributed by atoms with E-state index in [1.165, 1.54) is 0 Å².